The molecule has 3 aromatic heterocycles. The Morgan fingerprint density at radius 1 is 1.03 bits per heavy atom. The Morgan fingerprint density at radius 3 is 2.57 bits per heavy atom. The van der Waals surface area contributed by atoms with Gasteiger partial charge in [-0.05, 0) is 65.1 Å². The highest BCUT2D eigenvalue weighted by molar-refractivity contribution is 5.97. The van der Waals surface area contributed by atoms with Gasteiger partial charge in [-0.25, -0.2) is 9.89 Å². The molecule has 0 aliphatic rings. The SMILES string of the molecule is CCCCc1cn(-c2ccccc2C(C)=O)c(=O)n1Cc1ccc(-c2ccncc2-c2nnn[nH]2)cc1. The van der Waals surface area contributed by atoms with Crippen molar-refractivity contribution in [3.63, 3.8) is 0 Å². The van der Waals surface area contributed by atoms with Gasteiger partial charge in [0.25, 0.3) is 0 Å². The van der Waals surface area contributed by atoms with E-state index in [9.17, 15) is 9.59 Å². The number of pyridine rings is 1. The molecule has 186 valence electrons. The minimum absolute atomic E-state index is 0.0717. The summed E-state index contributed by atoms with van der Waals surface area (Å²) in [6.07, 6.45) is 8.11. The molecule has 37 heavy (non-hydrogen) atoms. The van der Waals surface area contributed by atoms with Crippen LogP contribution in [0.15, 0.2) is 78.0 Å². The quantitative estimate of drug-likeness (QED) is 0.303. The largest absolute Gasteiger partial charge is 0.333 e. The first-order valence-electron chi connectivity index (χ1n) is 12.3. The fourth-order valence-electron chi connectivity index (χ4n) is 4.49. The zero-order valence-corrected chi connectivity index (χ0v) is 20.8. The lowest BCUT2D eigenvalue weighted by molar-refractivity contribution is 0.101. The Hall–Kier alpha value is -4.66. The highest BCUT2D eigenvalue weighted by atomic mass is 16.2. The van der Waals surface area contributed by atoms with Crippen molar-refractivity contribution in [3.8, 4) is 28.2 Å². The molecular formula is C28H27N7O2. The number of imidazole rings is 1. The molecular weight excluding hydrogens is 466 g/mol. The van der Waals surface area contributed by atoms with Crippen molar-refractivity contribution in [1.82, 2.24) is 34.7 Å². The number of nitrogens with one attached hydrogen (secondary N) is 1. The van der Waals surface area contributed by atoms with E-state index in [0.717, 1.165) is 47.2 Å². The van der Waals surface area contributed by atoms with Crippen molar-refractivity contribution >= 4 is 5.78 Å². The maximum Gasteiger partial charge on any atom is 0.333 e. The van der Waals surface area contributed by atoms with E-state index in [1.54, 1.807) is 27.6 Å². The number of tetrazole rings is 1. The predicted octanol–water partition coefficient (Wildman–Crippen LogP) is 4.47. The summed E-state index contributed by atoms with van der Waals surface area (Å²) in [6.45, 7) is 4.08. The number of hydrogen-bond acceptors (Lipinski definition) is 6. The number of nitrogens with zero attached hydrogens (tertiary/aromatic N) is 6. The molecule has 0 saturated carbocycles. The van der Waals surface area contributed by atoms with E-state index in [1.807, 2.05) is 54.7 Å². The van der Waals surface area contributed by atoms with Gasteiger partial charge in [0.15, 0.2) is 11.6 Å². The first kappa shape index (κ1) is 24.1. The molecule has 0 atom stereocenters. The highest BCUT2D eigenvalue weighted by Gasteiger charge is 2.17. The second-order valence-corrected chi connectivity index (χ2v) is 8.90. The summed E-state index contributed by atoms with van der Waals surface area (Å²) < 4.78 is 3.41. The van der Waals surface area contributed by atoms with Crippen LogP contribution in [0, 0.1) is 0 Å². The third-order valence-electron chi connectivity index (χ3n) is 6.42. The number of H-pyrrole nitrogens is 1. The topological polar surface area (TPSA) is 111 Å². The molecule has 9 heteroatoms. The van der Waals surface area contributed by atoms with Crippen LogP contribution in [-0.4, -0.2) is 40.5 Å². The van der Waals surface area contributed by atoms with Crippen molar-refractivity contribution in [3.05, 3.63) is 100 Å². The smallest absolute Gasteiger partial charge is 0.294 e. The molecule has 5 rings (SSSR count). The number of aryl methyl sites for hydroxylation is 1. The van der Waals surface area contributed by atoms with E-state index in [1.165, 1.54) is 6.92 Å². The third-order valence-corrected chi connectivity index (χ3v) is 6.42. The van der Waals surface area contributed by atoms with Gasteiger partial charge in [-0.3, -0.25) is 18.9 Å². The maximum absolute atomic E-state index is 13.6. The van der Waals surface area contributed by atoms with Gasteiger partial charge < -0.3 is 0 Å². The Morgan fingerprint density at radius 2 is 1.84 bits per heavy atom. The van der Waals surface area contributed by atoms with Gasteiger partial charge in [0.1, 0.15) is 0 Å². The number of aromatic amines is 1. The number of carbonyl (C=O) groups is 1. The van der Waals surface area contributed by atoms with E-state index in [2.05, 4.69) is 32.5 Å². The molecule has 0 saturated heterocycles. The monoisotopic (exact) mass is 493 g/mol. The summed E-state index contributed by atoms with van der Waals surface area (Å²) >= 11 is 0. The number of aromatic nitrogens is 7. The normalized spacial score (nSPS) is 11.1. The fourth-order valence-corrected chi connectivity index (χ4v) is 4.49. The highest BCUT2D eigenvalue weighted by Crippen LogP contribution is 2.29. The lowest BCUT2D eigenvalue weighted by Crippen LogP contribution is -2.25. The van der Waals surface area contributed by atoms with E-state index >= 15 is 0 Å². The van der Waals surface area contributed by atoms with Crippen LogP contribution >= 0.6 is 0 Å². The molecule has 9 nitrogen and oxygen atoms in total. The van der Waals surface area contributed by atoms with Gasteiger partial charge in [0, 0.05) is 35.4 Å². The van der Waals surface area contributed by atoms with Crippen molar-refractivity contribution in [2.45, 2.75) is 39.7 Å². The molecule has 5 aromatic rings. The lowest BCUT2D eigenvalue weighted by atomic mass is 10.00. The van der Waals surface area contributed by atoms with Gasteiger partial charge in [-0.2, -0.15) is 0 Å². The summed E-state index contributed by atoms with van der Waals surface area (Å²) in [4.78, 5) is 30.0. The predicted molar refractivity (Wildman–Crippen MR) is 141 cm³/mol. The van der Waals surface area contributed by atoms with Crippen LogP contribution in [0.5, 0.6) is 0 Å². The van der Waals surface area contributed by atoms with Gasteiger partial charge in [0.2, 0.25) is 0 Å². The summed E-state index contributed by atoms with van der Waals surface area (Å²) in [5, 5.41) is 14.1. The number of unbranched alkanes of at least 4 members (excludes halogenated alkanes) is 1. The first-order valence-corrected chi connectivity index (χ1v) is 12.3. The summed E-state index contributed by atoms with van der Waals surface area (Å²) in [5.41, 5.74) is 5.68. The molecule has 0 spiro atoms. The van der Waals surface area contributed by atoms with Crippen LogP contribution < -0.4 is 5.69 Å². The number of rotatable bonds is 9. The number of para-hydroxylation sites is 1. The van der Waals surface area contributed by atoms with Crippen LogP contribution in [0.3, 0.4) is 0 Å². The number of Topliss-reactive ketones (excluding diaryl/α,β-unsaturated/α-hetero) is 1. The van der Waals surface area contributed by atoms with Crippen molar-refractivity contribution in [2.24, 2.45) is 0 Å². The van der Waals surface area contributed by atoms with Crippen molar-refractivity contribution in [2.75, 3.05) is 0 Å². The molecule has 0 aliphatic carbocycles. The van der Waals surface area contributed by atoms with Crippen LogP contribution in [0.1, 0.15) is 48.3 Å². The number of benzene rings is 2. The van der Waals surface area contributed by atoms with Crippen LogP contribution in [0.25, 0.3) is 28.2 Å². The molecule has 0 unspecified atom stereocenters. The summed E-state index contributed by atoms with van der Waals surface area (Å²) in [6, 6.07) is 17.3. The average Bonchev–Trinajstić information content (AvgIpc) is 3.57. The fraction of sp³-hybridized carbons (Fsp3) is 0.214. The minimum Gasteiger partial charge on any atom is -0.294 e. The molecule has 0 amide bonds. The zero-order chi connectivity index (χ0) is 25.8. The third kappa shape index (κ3) is 4.88. The Labute approximate surface area is 213 Å². The maximum atomic E-state index is 13.6. The molecule has 0 bridgehead atoms. The Bertz CT molecular complexity index is 1580. The van der Waals surface area contributed by atoms with Crippen LogP contribution in [-0.2, 0) is 13.0 Å². The Kier molecular flexibility index (Phi) is 6.85. The van der Waals surface area contributed by atoms with Crippen LogP contribution in [0.4, 0.5) is 0 Å². The van der Waals surface area contributed by atoms with Crippen LogP contribution in [0.2, 0.25) is 0 Å². The average molecular weight is 494 g/mol. The molecule has 1 N–H and O–H groups in total. The summed E-state index contributed by atoms with van der Waals surface area (Å²) in [5.74, 6) is 0.476. The van der Waals surface area contributed by atoms with E-state index in [4.69, 9.17) is 0 Å². The molecule has 0 aliphatic heterocycles. The van der Waals surface area contributed by atoms with E-state index in [-0.39, 0.29) is 11.5 Å². The molecule has 0 fully saturated rings. The number of carbonyl (C=O) groups excluding carboxylic acids is 1. The van der Waals surface area contributed by atoms with Crippen molar-refractivity contribution < 1.29 is 4.79 Å². The van der Waals surface area contributed by atoms with Gasteiger partial charge in [-0.15, -0.1) is 5.10 Å². The second-order valence-electron chi connectivity index (χ2n) is 8.90. The van der Waals surface area contributed by atoms with E-state index in [0.29, 0.717) is 23.6 Å². The Balaban J connectivity index is 1.49. The van der Waals surface area contributed by atoms with Gasteiger partial charge >= 0.3 is 5.69 Å². The van der Waals surface area contributed by atoms with Gasteiger partial charge in [0.05, 0.1) is 12.2 Å². The first-order chi connectivity index (χ1) is 18.1. The number of hydrogen-bond donors (Lipinski definition) is 1. The summed E-state index contributed by atoms with van der Waals surface area (Å²) in [7, 11) is 0. The molecule has 3 heterocycles. The lowest BCUT2D eigenvalue weighted by Gasteiger charge is -2.10. The molecule has 0 radical (unpaired) electrons. The second kappa shape index (κ2) is 10.5. The minimum atomic E-state index is -0.155. The van der Waals surface area contributed by atoms with Crippen molar-refractivity contribution in [1.29, 1.82) is 0 Å². The standard InChI is InChI=1S/C28H27N7O2/c1-3-4-7-22-18-35(26-9-6-5-8-23(26)19(2)36)28(37)34(22)17-20-10-12-21(13-11-20)24-14-15-29-16-25(24)27-30-32-33-31-27/h5-6,8-16,18H,3-4,7,17H2,1-2H3,(H,30,31,32,33). The molecule has 2 aromatic carbocycles. The zero-order valence-electron chi connectivity index (χ0n) is 20.8. The van der Waals surface area contributed by atoms with E-state index < -0.39 is 0 Å². The number of ketones is 1. The van der Waals surface area contributed by atoms with Gasteiger partial charge in [-0.1, -0.05) is 49.7 Å².